The number of rotatable bonds is 8. The number of hydrogen-bond acceptors (Lipinski definition) is 2. The molecular formula is C42H74N2. The lowest BCUT2D eigenvalue weighted by molar-refractivity contribution is 0.00739. The highest BCUT2D eigenvalue weighted by molar-refractivity contribution is 5.00. The maximum Gasteiger partial charge on any atom is 0.0102 e. The Balaban J connectivity index is 0.992. The quantitative estimate of drug-likeness (QED) is 0.254. The topological polar surface area (TPSA) is 6.48 Å². The first-order chi connectivity index (χ1) is 21.4. The molecule has 0 aromatic heterocycles. The Morgan fingerprint density at radius 1 is 0.273 bits per heavy atom. The monoisotopic (exact) mass is 607 g/mol. The van der Waals surface area contributed by atoms with Crippen LogP contribution in [0.5, 0.6) is 0 Å². The minimum absolute atomic E-state index is 0.855. The van der Waals surface area contributed by atoms with Crippen LogP contribution in [0, 0.1) is 35.5 Å². The summed E-state index contributed by atoms with van der Waals surface area (Å²) in [5.74, 6) is 5.56. The maximum atomic E-state index is 3.17. The highest BCUT2D eigenvalue weighted by atomic mass is 15.2. The Labute approximate surface area is 274 Å². The van der Waals surface area contributed by atoms with Gasteiger partial charge in [-0.25, -0.2) is 0 Å². The van der Waals surface area contributed by atoms with Crippen LogP contribution in [0.1, 0.15) is 182 Å². The van der Waals surface area contributed by atoms with Crippen molar-refractivity contribution >= 4 is 0 Å². The van der Waals surface area contributed by atoms with Crippen molar-refractivity contribution in [2.45, 2.75) is 218 Å². The van der Waals surface area contributed by atoms with E-state index >= 15 is 0 Å². The predicted octanol–water partition coefficient (Wildman–Crippen LogP) is 11.6. The van der Waals surface area contributed by atoms with E-state index < -0.39 is 0 Å². The summed E-state index contributed by atoms with van der Waals surface area (Å²) in [6.07, 6.45) is 40.8. The Morgan fingerprint density at radius 3 is 0.659 bits per heavy atom. The van der Waals surface area contributed by atoms with Crippen LogP contribution in [0.2, 0.25) is 0 Å². The maximum absolute atomic E-state index is 3.17. The third-order valence-electron chi connectivity index (χ3n) is 14.6. The lowest BCUT2D eigenvalue weighted by Crippen LogP contribution is -2.52. The molecule has 6 fully saturated rings. The van der Waals surface area contributed by atoms with Crippen LogP contribution in [0.15, 0.2) is 12.2 Å². The van der Waals surface area contributed by atoms with Crippen molar-refractivity contribution in [3.8, 4) is 0 Å². The van der Waals surface area contributed by atoms with E-state index in [2.05, 4.69) is 49.6 Å². The molecule has 0 aliphatic heterocycles. The van der Waals surface area contributed by atoms with Gasteiger partial charge >= 0.3 is 0 Å². The normalized spacial score (nSPS) is 44.8. The van der Waals surface area contributed by atoms with Crippen LogP contribution in [0.3, 0.4) is 0 Å². The number of nitrogens with zero attached hydrogens (tertiary/aromatic N) is 2. The van der Waals surface area contributed by atoms with Gasteiger partial charge in [0.2, 0.25) is 0 Å². The van der Waals surface area contributed by atoms with Gasteiger partial charge < -0.3 is 0 Å². The second-order valence-corrected chi connectivity index (χ2v) is 18.1. The zero-order valence-electron chi connectivity index (χ0n) is 29.9. The molecule has 6 aliphatic carbocycles. The molecule has 6 aliphatic rings. The molecule has 44 heavy (non-hydrogen) atoms. The first-order valence-corrected chi connectivity index (χ1v) is 20.7. The fraction of sp³-hybridized carbons (Fsp3) is 0.952. The van der Waals surface area contributed by atoms with Crippen molar-refractivity contribution in [1.82, 2.24) is 9.80 Å². The molecule has 0 radical (unpaired) electrons. The van der Waals surface area contributed by atoms with Gasteiger partial charge in [0, 0.05) is 36.3 Å². The van der Waals surface area contributed by atoms with Crippen LogP contribution < -0.4 is 0 Å². The zero-order chi connectivity index (χ0) is 30.5. The van der Waals surface area contributed by atoms with Crippen LogP contribution in [-0.2, 0) is 0 Å². The lowest BCUT2D eigenvalue weighted by atomic mass is 9.77. The molecule has 2 heteroatoms. The second kappa shape index (κ2) is 16.2. The average molecular weight is 607 g/mol. The molecular weight excluding hydrogens is 532 g/mol. The highest BCUT2D eigenvalue weighted by Gasteiger charge is 2.39. The lowest BCUT2D eigenvalue weighted by Gasteiger charge is -2.49. The summed E-state index contributed by atoms with van der Waals surface area (Å²) in [6.45, 7) is 9.99. The third kappa shape index (κ3) is 8.76. The van der Waals surface area contributed by atoms with Crippen molar-refractivity contribution in [2.24, 2.45) is 35.5 Å². The van der Waals surface area contributed by atoms with Gasteiger partial charge in [-0.1, -0.05) is 39.8 Å². The molecule has 0 heterocycles. The summed E-state index contributed by atoms with van der Waals surface area (Å²) in [7, 11) is 0. The van der Waals surface area contributed by atoms with Crippen molar-refractivity contribution in [1.29, 1.82) is 0 Å². The molecule has 0 N–H and O–H groups in total. The van der Waals surface area contributed by atoms with Crippen molar-refractivity contribution in [3.05, 3.63) is 12.2 Å². The van der Waals surface area contributed by atoms with Crippen LogP contribution in [0.25, 0.3) is 0 Å². The van der Waals surface area contributed by atoms with Gasteiger partial charge in [0.15, 0.2) is 0 Å². The zero-order valence-corrected chi connectivity index (χ0v) is 29.9. The van der Waals surface area contributed by atoms with E-state index in [1.165, 1.54) is 154 Å². The Hall–Kier alpha value is -0.340. The molecule has 0 amide bonds. The summed E-state index contributed by atoms with van der Waals surface area (Å²) in [4.78, 5) is 6.34. The van der Waals surface area contributed by atoms with Crippen molar-refractivity contribution < 1.29 is 0 Å². The van der Waals surface area contributed by atoms with Gasteiger partial charge in [-0.05, 0) is 190 Å². The first kappa shape index (κ1) is 33.6. The molecule has 0 aromatic carbocycles. The fourth-order valence-electron chi connectivity index (χ4n) is 11.5. The molecule has 2 nitrogen and oxygen atoms in total. The van der Waals surface area contributed by atoms with E-state index in [-0.39, 0.29) is 0 Å². The second-order valence-electron chi connectivity index (χ2n) is 18.1. The van der Waals surface area contributed by atoms with Gasteiger partial charge in [-0.3, -0.25) is 9.80 Å². The molecule has 0 saturated heterocycles. The first-order valence-electron chi connectivity index (χ1n) is 20.7. The standard InChI is InChI=1S/C42H74N2/c1-31-5-19-37(20-6-31)43(38-21-7-32(2)8-22-38)41-27-15-35(16-28-41)13-14-36-17-29-42(30-18-36)44(39-23-9-33(3)10-24-39)40-25-11-34(4)12-26-40/h13-14,31-42H,5-12,15-30H2,1-4H3. The van der Waals surface area contributed by atoms with Gasteiger partial charge in [0.05, 0.1) is 0 Å². The molecule has 0 unspecified atom stereocenters. The van der Waals surface area contributed by atoms with Crippen LogP contribution in [-0.4, -0.2) is 46.1 Å². The average Bonchev–Trinajstić information content (AvgIpc) is 3.05. The summed E-state index contributed by atoms with van der Waals surface area (Å²) in [5.41, 5.74) is 0. The van der Waals surface area contributed by atoms with Gasteiger partial charge in [0.1, 0.15) is 0 Å². The minimum atomic E-state index is 0.855. The van der Waals surface area contributed by atoms with E-state index in [1.807, 2.05) is 0 Å². The third-order valence-corrected chi connectivity index (χ3v) is 14.6. The number of allylic oxidation sites excluding steroid dienone is 2. The van der Waals surface area contributed by atoms with Crippen LogP contribution in [0.4, 0.5) is 0 Å². The van der Waals surface area contributed by atoms with E-state index in [1.54, 1.807) is 0 Å². The van der Waals surface area contributed by atoms with Crippen molar-refractivity contribution in [2.75, 3.05) is 0 Å². The van der Waals surface area contributed by atoms with E-state index in [9.17, 15) is 0 Å². The molecule has 6 rings (SSSR count). The molecule has 0 bridgehead atoms. The summed E-state index contributed by atoms with van der Waals surface area (Å²) < 4.78 is 0. The molecule has 0 spiro atoms. The Morgan fingerprint density at radius 2 is 0.455 bits per heavy atom. The van der Waals surface area contributed by atoms with Gasteiger partial charge in [-0.2, -0.15) is 0 Å². The van der Waals surface area contributed by atoms with E-state index in [0.717, 1.165) is 71.8 Å². The van der Waals surface area contributed by atoms with E-state index in [0.29, 0.717) is 0 Å². The SMILES string of the molecule is CC1CCC(N(C2CCC(C)CC2)C2CCC(C=CC3CCC(N(C4CCC(C)CC4)C4CCC(C)CC4)CC3)CC2)CC1. The largest absolute Gasteiger partial charge is 0.294 e. The summed E-state index contributed by atoms with van der Waals surface area (Å²) >= 11 is 0. The minimum Gasteiger partial charge on any atom is -0.294 e. The molecule has 0 aromatic rings. The van der Waals surface area contributed by atoms with Gasteiger partial charge in [0.25, 0.3) is 0 Å². The Bertz CT molecular complexity index is 719. The molecule has 252 valence electrons. The summed E-state index contributed by atoms with van der Waals surface area (Å²) in [5, 5.41) is 0. The van der Waals surface area contributed by atoms with Crippen molar-refractivity contribution in [3.63, 3.8) is 0 Å². The van der Waals surface area contributed by atoms with Gasteiger partial charge in [-0.15, -0.1) is 0 Å². The highest BCUT2D eigenvalue weighted by Crippen LogP contribution is 2.41. The summed E-state index contributed by atoms with van der Waals surface area (Å²) in [6, 6.07) is 5.33. The fourth-order valence-corrected chi connectivity index (χ4v) is 11.5. The Kier molecular flexibility index (Phi) is 12.3. The molecule has 0 atom stereocenters. The number of hydrogen-bond donors (Lipinski definition) is 0. The van der Waals surface area contributed by atoms with Crippen LogP contribution >= 0.6 is 0 Å². The van der Waals surface area contributed by atoms with E-state index in [4.69, 9.17) is 0 Å². The smallest absolute Gasteiger partial charge is 0.0102 e. The molecule has 6 saturated carbocycles. The predicted molar refractivity (Wildman–Crippen MR) is 190 cm³/mol.